The third kappa shape index (κ3) is 1.85. The van der Waals surface area contributed by atoms with Crippen LogP contribution in [0.4, 0.5) is 0 Å². The van der Waals surface area contributed by atoms with Crippen LogP contribution in [-0.2, 0) is 5.11 Å². The van der Waals surface area contributed by atoms with Gasteiger partial charge in [0.15, 0.2) is 5.56 Å². The Hall–Kier alpha value is -0.730. The fourth-order valence-electron chi connectivity index (χ4n) is 0.854. The molecule has 0 bridgehead atoms. The summed E-state index contributed by atoms with van der Waals surface area (Å²) in [7, 11) is 1.51. The van der Waals surface area contributed by atoms with Crippen LogP contribution in [0.2, 0.25) is 0 Å². The van der Waals surface area contributed by atoms with Crippen molar-refractivity contribution in [3.63, 3.8) is 0 Å². The highest BCUT2D eigenvalue weighted by Crippen LogP contribution is 2.27. The Bertz CT molecular complexity index is 235. The molecule has 0 heterocycles. The van der Waals surface area contributed by atoms with E-state index in [1.54, 1.807) is 24.3 Å². The summed E-state index contributed by atoms with van der Waals surface area (Å²) in [5.74, 6) is 0.544. The molecule has 1 radical (unpaired) electrons. The van der Waals surface area contributed by atoms with Crippen molar-refractivity contribution in [2.24, 2.45) is 0 Å². The molecule has 0 aliphatic heterocycles. The molecule has 59 valence electrons. The predicted octanol–water partition coefficient (Wildman–Crippen LogP) is 2.36. The number of methoxy groups -OCH3 is 1. The minimum atomic E-state index is -1.24. The van der Waals surface area contributed by atoms with Gasteiger partial charge >= 0.3 is 0 Å². The molecule has 1 aromatic rings. The Balaban J connectivity index is 3.02. The summed E-state index contributed by atoms with van der Waals surface area (Å²) in [4.78, 5) is 0. The summed E-state index contributed by atoms with van der Waals surface area (Å²) in [6, 6.07) is 6.92. The topological polar surface area (TPSA) is 29.1 Å². The summed E-state index contributed by atoms with van der Waals surface area (Å²) >= 11 is 5.35. The molecule has 1 atom stereocenters. The molecule has 0 spiro atoms. The van der Waals surface area contributed by atoms with E-state index in [1.165, 1.54) is 7.11 Å². The maximum Gasteiger partial charge on any atom is 0.195 e. The number of hydrogen-bond acceptors (Lipinski definition) is 1. The molecule has 2 nitrogen and oxygen atoms in total. The van der Waals surface area contributed by atoms with Gasteiger partial charge in [0, 0.05) is 5.56 Å². The molecule has 0 saturated heterocycles. The van der Waals surface area contributed by atoms with Crippen LogP contribution in [0.3, 0.4) is 0 Å². The Kier molecular flexibility index (Phi) is 2.74. The highest BCUT2D eigenvalue weighted by atomic mass is 35.5. The lowest BCUT2D eigenvalue weighted by Crippen LogP contribution is -1.92. The first-order valence-electron chi connectivity index (χ1n) is 3.18. The van der Waals surface area contributed by atoms with Crippen LogP contribution in [0.1, 0.15) is 11.1 Å². The molecule has 3 heteroatoms. The molecule has 0 N–H and O–H groups in total. The molecular formula is C8H8ClO2. The van der Waals surface area contributed by atoms with E-state index in [2.05, 4.69) is 0 Å². The fourth-order valence-corrected chi connectivity index (χ4v) is 1.03. The summed E-state index contributed by atoms with van der Waals surface area (Å²) in [5, 5.41) is 10.8. The van der Waals surface area contributed by atoms with E-state index in [9.17, 15) is 5.11 Å². The lowest BCUT2D eigenvalue weighted by molar-refractivity contribution is 0.158. The van der Waals surface area contributed by atoms with Gasteiger partial charge in [0.05, 0.1) is 7.11 Å². The summed E-state index contributed by atoms with van der Waals surface area (Å²) in [6.45, 7) is 0. The SMILES string of the molecule is COc1ccccc1C([O])Cl. The van der Waals surface area contributed by atoms with Crippen LogP contribution in [0.15, 0.2) is 24.3 Å². The van der Waals surface area contributed by atoms with Crippen LogP contribution in [-0.4, -0.2) is 7.11 Å². The van der Waals surface area contributed by atoms with Gasteiger partial charge in [-0.3, -0.25) is 0 Å². The second-order valence-electron chi connectivity index (χ2n) is 2.06. The monoisotopic (exact) mass is 171 g/mol. The van der Waals surface area contributed by atoms with E-state index >= 15 is 0 Å². The van der Waals surface area contributed by atoms with Gasteiger partial charge in [-0.1, -0.05) is 29.8 Å². The Morgan fingerprint density at radius 1 is 1.45 bits per heavy atom. The lowest BCUT2D eigenvalue weighted by Gasteiger charge is -2.06. The van der Waals surface area contributed by atoms with Gasteiger partial charge in [-0.05, 0) is 6.07 Å². The minimum Gasteiger partial charge on any atom is -0.496 e. The molecule has 0 aliphatic carbocycles. The first kappa shape index (κ1) is 8.37. The van der Waals surface area contributed by atoms with Crippen molar-refractivity contribution in [1.29, 1.82) is 0 Å². The Labute approximate surface area is 70.4 Å². The van der Waals surface area contributed by atoms with Crippen molar-refractivity contribution < 1.29 is 9.84 Å². The predicted molar refractivity (Wildman–Crippen MR) is 42.3 cm³/mol. The maximum atomic E-state index is 10.8. The molecule has 1 aromatic carbocycles. The standard InChI is InChI=1S/C8H8ClO2/c1-11-7-5-3-2-4-6(7)8(9)10/h2-5,8H,1H3. The van der Waals surface area contributed by atoms with Crippen molar-refractivity contribution in [3.05, 3.63) is 29.8 Å². The van der Waals surface area contributed by atoms with Crippen LogP contribution >= 0.6 is 11.6 Å². The third-order valence-electron chi connectivity index (χ3n) is 1.38. The average Bonchev–Trinajstić information content (AvgIpc) is 2.04. The number of hydrogen-bond donors (Lipinski definition) is 0. The Morgan fingerprint density at radius 2 is 2.09 bits per heavy atom. The van der Waals surface area contributed by atoms with Crippen LogP contribution in [0, 0.1) is 0 Å². The van der Waals surface area contributed by atoms with E-state index < -0.39 is 5.56 Å². The summed E-state index contributed by atoms with van der Waals surface area (Å²) in [5.41, 5.74) is -0.761. The molecular weight excluding hydrogens is 164 g/mol. The van der Waals surface area contributed by atoms with Gasteiger partial charge in [0.2, 0.25) is 0 Å². The number of ether oxygens (including phenoxy) is 1. The van der Waals surface area contributed by atoms with Gasteiger partial charge in [0.25, 0.3) is 0 Å². The Morgan fingerprint density at radius 3 is 2.55 bits per heavy atom. The smallest absolute Gasteiger partial charge is 0.195 e. The minimum absolute atomic E-state index is 0.483. The quantitative estimate of drug-likeness (QED) is 0.628. The van der Waals surface area contributed by atoms with Gasteiger partial charge in [0.1, 0.15) is 5.75 Å². The number of alkyl halides is 1. The first-order chi connectivity index (χ1) is 5.25. The van der Waals surface area contributed by atoms with Crippen LogP contribution in [0.25, 0.3) is 0 Å². The lowest BCUT2D eigenvalue weighted by atomic mass is 10.2. The molecule has 11 heavy (non-hydrogen) atoms. The van der Waals surface area contributed by atoms with E-state index in [0.29, 0.717) is 11.3 Å². The average molecular weight is 172 g/mol. The maximum absolute atomic E-state index is 10.8. The van der Waals surface area contributed by atoms with Crippen LogP contribution in [0.5, 0.6) is 5.75 Å². The molecule has 0 aromatic heterocycles. The molecule has 0 fully saturated rings. The number of para-hydroxylation sites is 1. The summed E-state index contributed by atoms with van der Waals surface area (Å²) in [6.07, 6.45) is 0. The van der Waals surface area contributed by atoms with Crippen molar-refractivity contribution >= 4 is 11.6 Å². The van der Waals surface area contributed by atoms with Crippen molar-refractivity contribution in [2.45, 2.75) is 5.56 Å². The van der Waals surface area contributed by atoms with Gasteiger partial charge in [-0.25, -0.2) is 5.11 Å². The summed E-state index contributed by atoms with van der Waals surface area (Å²) < 4.78 is 4.92. The molecule has 0 saturated carbocycles. The normalized spacial score (nSPS) is 12.6. The zero-order valence-electron chi connectivity index (χ0n) is 6.08. The van der Waals surface area contributed by atoms with Crippen molar-refractivity contribution in [3.8, 4) is 5.75 Å². The molecule has 0 amide bonds. The van der Waals surface area contributed by atoms with Gasteiger partial charge in [-0.15, -0.1) is 0 Å². The van der Waals surface area contributed by atoms with Crippen molar-refractivity contribution in [2.75, 3.05) is 7.11 Å². The highest BCUT2D eigenvalue weighted by Gasteiger charge is 2.09. The second kappa shape index (κ2) is 3.60. The number of rotatable bonds is 2. The van der Waals surface area contributed by atoms with E-state index in [-0.39, 0.29) is 0 Å². The molecule has 0 aliphatic rings. The number of benzene rings is 1. The van der Waals surface area contributed by atoms with Gasteiger partial charge in [-0.2, -0.15) is 0 Å². The fraction of sp³-hybridized carbons (Fsp3) is 0.250. The first-order valence-corrected chi connectivity index (χ1v) is 3.62. The molecule has 1 unspecified atom stereocenters. The van der Waals surface area contributed by atoms with E-state index in [1.807, 2.05) is 0 Å². The zero-order valence-corrected chi connectivity index (χ0v) is 6.84. The largest absolute Gasteiger partial charge is 0.496 e. The third-order valence-corrected chi connectivity index (χ3v) is 1.62. The van der Waals surface area contributed by atoms with Crippen LogP contribution < -0.4 is 4.74 Å². The molecule has 1 rings (SSSR count). The van der Waals surface area contributed by atoms with E-state index in [0.717, 1.165) is 0 Å². The number of halogens is 1. The van der Waals surface area contributed by atoms with Gasteiger partial charge < -0.3 is 4.74 Å². The van der Waals surface area contributed by atoms with E-state index in [4.69, 9.17) is 16.3 Å². The highest BCUT2D eigenvalue weighted by molar-refractivity contribution is 6.19. The zero-order chi connectivity index (χ0) is 8.27. The van der Waals surface area contributed by atoms with Crippen molar-refractivity contribution in [1.82, 2.24) is 0 Å². The second-order valence-corrected chi connectivity index (χ2v) is 2.45.